The molecule has 1 fully saturated rings. The van der Waals surface area contributed by atoms with Gasteiger partial charge in [-0.05, 0) is 24.5 Å². The fourth-order valence-electron chi connectivity index (χ4n) is 4.24. The number of hydrogen-bond acceptors (Lipinski definition) is 4. The van der Waals surface area contributed by atoms with E-state index in [1.807, 2.05) is 36.0 Å². The monoisotopic (exact) mass is 392 g/mol. The van der Waals surface area contributed by atoms with E-state index in [1.54, 1.807) is 16.9 Å². The Morgan fingerprint density at radius 1 is 1.28 bits per heavy atom. The second-order valence-corrected chi connectivity index (χ2v) is 7.47. The summed E-state index contributed by atoms with van der Waals surface area (Å²) in [6, 6.07) is 7.46. The van der Waals surface area contributed by atoms with E-state index in [-0.39, 0.29) is 11.5 Å². The van der Waals surface area contributed by atoms with Gasteiger partial charge in [-0.2, -0.15) is 10.2 Å². The highest BCUT2D eigenvalue weighted by Crippen LogP contribution is 2.33. The molecule has 0 unspecified atom stereocenters. The van der Waals surface area contributed by atoms with Gasteiger partial charge >= 0.3 is 6.09 Å². The summed E-state index contributed by atoms with van der Waals surface area (Å²) >= 11 is 0. The summed E-state index contributed by atoms with van der Waals surface area (Å²) in [7, 11) is 1.86. The van der Waals surface area contributed by atoms with Crippen LogP contribution in [0.1, 0.15) is 24.5 Å². The van der Waals surface area contributed by atoms with E-state index in [1.165, 1.54) is 4.90 Å². The molecule has 4 heterocycles. The smallest absolute Gasteiger partial charge is 0.407 e. The first-order valence-corrected chi connectivity index (χ1v) is 9.53. The molecule has 0 spiro atoms. The third kappa shape index (κ3) is 2.86. The zero-order valence-electron chi connectivity index (χ0n) is 15.9. The van der Waals surface area contributed by atoms with Crippen LogP contribution in [0.3, 0.4) is 0 Å². The molecule has 5 rings (SSSR count). The SMILES string of the molecule is Cn1cc(-c2cccc3nn4c(C5CCN(C(=O)O)CC5)cc(=O)[nH]c4c23)cn1. The number of amides is 1. The van der Waals surface area contributed by atoms with Gasteiger partial charge in [0.1, 0.15) is 5.65 Å². The van der Waals surface area contributed by atoms with Gasteiger partial charge in [-0.3, -0.25) is 9.48 Å². The van der Waals surface area contributed by atoms with Gasteiger partial charge in [0.05, 0.1) is 22.8 Å². The Morgan fingerprint density at radius 3 is 2.76 bits per heavy atom. The molecule has 4 aromatic rings. The van der Waals surface area contributed by atoms with E-state index in [4.69, 9.17) is 5.10 Å². The van der Waals surface area contributed by atoms with Crippen LogP contribution in [0.5, 0.6) is 0 Å². The van der Waals surface area contributed by atoms with Gasteiger partial charge in [0.15, 0.2) is 0 Å². The molecule has 1 aromatic carbocycles. The van der Waals surface area contributed by atoms with Crippen molar-refractivity contribution in [2.45, 2.75) is 18.8 Å². The highest BCUT2D eigenvalue weighted by molar-refractivity contribution is 6.03. The highest BCUT2D eigenvalue weighted by atomic mass is 16.4. The summed E-state index contributed by atoms with van der Waals surface area (Å²) in [5.41, 5.74) is 3.99. The molecule has 1 saturated heterocycles. The molecule has 0 saturated carbocycles. The molecule has 0 atom stereocenters. The molecule has 0 aliphatic carbocycles. The topological polar surface area (TPSA) is 109 Å². The predicted molar refractivity (Wildman–Crippen MR) is 107 cm³/mol. The summed E-state index contributed by atoms with van der Waals surface area (Å²) < 4.78 is 3.55. The summed E-state index contributed by atoms with van der Waals surface area (Å²) in [4.78, 5) is 28.1. The number of H-pyrrole nitrogens is 1. The molecule has 1 aliphatic heterocycles. The van der Waals surface area contributed by atoms with E-state index in [0.717, 1.165) is 27.7 Å². The maximum Gasteiger partial charge on any atom is 0.407 e. The van der Waals surface area contributed by atoms with Crippen LogP contribution in [-0.2, 0) is 7.05 Å². The summed E-state index contributed by atoms with van der Waals surface area (Å²) in [5.74, 6) is 0.0755. The quantitative estimate of drug-likeness (QED) is 0.545. The average molecular weight is 392 g/mol. The number of nitrogens with one attached hydrogen (secondary N) is 1. The number of nitrogens with zero attached hydrogens (tertiary/aromatic N) is 5. The molecule has 9 nitrogen and oxygen atoms in total. The number of aryl methyl sites for hydroxylation is 1. The third-order valence-electron chi connectivity index (χ3n) is 5.66. The van der Waals surface area contributed by atoms with Crippen molar-refractivity contribution in [2.75, 3.05) is 13.1 Å². The fourth-order valence-corrected chi connectivity index (χ4v) is 4.24. The molecular formula is C20H20N6O3. The lowest BCUT2D eigenvalue weighted by atomic mass is 9.93. The van der Waals surface area contributed by atoms with Crippen LogP contribution in [0.4, 0.5) is 4.79 Å². The van der Waals surface area contributed by atoms with Crippen LogP contribution < -0.4 is 5.56 Å². The number of carboxylic acid groups (broad SMARTS) is 1. The maximum absolute atomic E-state index is 12.5. The lowest BCUT2D eigenvalue weighted by Crippen LogP contribution is -2.37. The first-order valence-electron chi connectivity index (χ1n) is 9.53. The average Bonchev–Trinajstić information content (AvgIpc) is 3.31. The molecule has 3 aromatic heterocycles. The van der Waals surface area contributed by atoms with Crippen molar-refractivity contribution in [1.29, 1.82) is 0 Å². The molecule has 2 N–H and O–H groups in total. The van der Waals surface area contributed by atoms with Gasteiger partial charge in [0.25, 0.3) is 5.56 Å². The summed E-state index contributed by atoms with van der Waals surface area (Å²) in [6.07, 6.45) is 4.15. The van der Waals surface area contributed by atoms with Gasteiger partial charge in [-0.1, -0.05) is 12.1 Å². The first-order chi connectivity index (χ1) is 14.0. The molecule has 1 amide bonds. The molecule has 148 valence electrons. The van der Waals surface area contributed by atoms with E-state index in [9.17, 15) is 14.7 Å². The van der Waals surface area contributed by atoms with Crippen molar-refractivity contribution in [3.05, 3.63) is 52.7 Å². The minimum Gasteiger partial charge on any atom is -0.465 e. The Morgan fingerprint density at radius 2 is 2.07 bits per heavy atom. The lowest BCUT2D eigenvalue weighted by Gasteiger charge is -2.30. The Hall–Kier alpha value is -3.62. The van der Waals surface area contributed by atoms with E-state index < -0.39 is 6.09 Å². The number of carbonyl (C=O) groups is 1. The maximum atomic E-state index is 12.5. The van der Waals surface area contributed by atoms with Crippen LogP contribution in [0, 0.1) is 0 Å². The standard InChI is InChI=1S/C20H20N6O3/c1-24-11-13(10-21-24)14-3-2-4-15-18(14)19-22-17(27)9-16(26(19)23-15)12-5-7-25(8-6-12)20(28)29/h2-4,9-12H,5-8H2,1H3,(H,22,27)(H,28,29). The van der Waals surface area contributed by atoms with Crippen molar-refractivity contribution < 1.29 is 9.90 Å². The van der Waals surface area contributed by atoms with Gasteiger partial charge < -0.3 is 15.0 Å². The van der Waals surface area contributed by atoms with E-state index >= 15 is 0 Å². The van der Waals surface area contributed by atoms with Crippen molar-refractivity contribution >= 4 is 22.6 Å². The Balaban J connectivity index is 1.68. The van der Waals surface area contributed by atoms with Crippen molar-refractivity contribution in [2.24, 2.45) is 7.05 Å². The molecule has 9 heteroatoms. The third-order valence-corrected chi connectivity index (χ3v) is 5.66. The zero-order valence-corrected chi connectivity index (χ0v) is 15.9. The van der Waals surface area contributed by atoms with Crippen LogP contribution in [0.25, 0.3) is 27.7 Å². The number of aromatic nitrogens is 5. The largest absolute Gasteiger partial charge is 0.465 e. The number of piperidine rings is 1. The van der Waals surface area contributed by atoms with Crippen molar-refractivity contribution in [3.8, 4) is 11.1 Å². The van der Waals surface area contributed by atoms with Crippen molar-refractivity contribution in [1.82, 2.24) is 29.3 Å². The lowest BCUT2D eigenvalue weighted by molar-refractivity contribution is 0.131. The van der Waals surface area contributed by atoms with Crippen molar-refractivity contribution in [3.63, 3.8) is 0 Å². The normalized spacial score (nSPS) is 15.4. The molecule has 29 heavy (non-hydrogen) atoms. The second-order valence-electron chi connectivity index (χ2n) is 7.47. The minimum absolute atomic E-state index is 0.0755. The van der Waals surface area contributed by atoms with Gasteiger partial charge in [-0.25, -0.2) is 9.31 Å². The Kier molecular flexibility index (Phi) is 3.90. The van der Waals surface area contributed by atoms with E-state index in [2.05, 4.69) is 10.1 Å². The second kappa shape index (κ2) is 6.47. The summed E-state index contributed by atoms with van der Waals surface area (Å²) in [6.45, 7) is 0.909. The molecule has 0 radical (unpaired) electrons. The number of hydrogen-bond donors (Lipinski definition) is 2. The Labute approximate surface area is 165 Å². The zero-order chi connectivity index (χ0) is 20.1. The summed E-state index contributed by atoms with van der Waals surface area (Å²) in [5, 5.41) is 19.1. The highest BCUT2D eigenvalue weighted by Gasteiger charge is 2.26. The minimum atomic E-state index is -0.898. The van der Waals surface area contributed by atoms with Gasteiger partial charge in [0, 0.05) is 43.9 Å². The van der Waals surface area contributed by atoms with Crippen LogP contribution in [0.2, 0.25) is 0 Å². The van der Waals surface area contributed by atoms with Gasteiger partial charge in [-0.15, -0.1) is 0 Å². The number of likely N-dealkylation sites (tertiary alicyclic amines) is 1. The fraction of sp³-hybridized carbons (Fsp3) is 0.300. The number of rotatable bonds is 2. The number of aromatic amines is 1. The molecule has 0 bridgehead atoms. The van der Waals surface area contributed by atoms with Crippen LogP contribution in [-0.4, -0.2) is 53.6 Å². The molecular weight excluding hydrogens is 372 g/mol. The van der Waals surface area contributed by atoms with Gasteiger partial charge in [0.2, 0.25) is 0 Å². The van der Waals surface area contributed by atoms with Crippen LogP contribution >= 0.6 is 0 Å². The predicted octanol–water partition coefficient (Wildman–Crippen LogP) is 2.43. The van der Waals surface area contributed by atoms with Crippen LogP contribution in [0.15, 0.2) is 41.5 Å². The van der Waals surface area contributed by atoms with E-state index in [0.29, 0.717) is 31.6 Å². The molecule has 1 aliphatic rings. The number of benzene rings is 1. The Bertz CT molecular complexity index is 1290. The number of fused-ring (bicyclic) bond motifs is 3. The first kappa shape index (κ1) is 17.5.